The Balaban J connectivity index is 1.84. The molecule has 7 heteroatoms. The van der Waals surface area contributed by atoms with E-state index in [0.29, 0.717) is 18.0 Å². The molecule has 2 aliphatic carbocycles. The molecule has 116 valence electrons. The van der Waals surface area contributed by atoms with Crippen molar-refractivity contribution in [3.8, 4) is 0 Å². The van der Waals surface area contributed by atoms with Gasteiger partial charge in [-0.3, -0.25) is 9.36 Å². The smallest absolute Gasteiger partial charge is 0.313 e. The number of rotatable bonds is 8. The molecule has 2 aliphatic rings. The normalized spacial score (nSPS) is 18.2. The van der Waals surface area contributed by atoms with Crippen LogP contribution in [-0.2, 0) is 4.79 Å². The summed E-state index contributed by atoms with van der Waals surface area (Å²) < 4.78 is 2.17. The zero-order valence-corrected chi connectivity index (χ0v) is 13.3. The first-order valence-corrected chi connectivity index (χ1v) is 8.61. The molecular weight excluding hydrogens is 288 g/mol. The van der Waals surface area contributed by atoms with E-state index in [2.05, 4.69) is 33.5 Å². The summed E-state index contributed by atoms with van der Waals surface area (Å²) in [5.74, 6) is 0.748. The Labute approximate surface area is 128 Å². The molecule has 0 atom stereocenters. The lowest BCUT2D eigenvalue weighted by Gasteiger charge is -2.25. The van der Waals surface area contributed by atoms with Crippen LogP contribution in [0, 0.1) is 5.92 Å². The molecule has 2 fully saturated rings. The molecule has 0 saturated heterocycles. The van der Waals surface area contributed by atoms with Gasteiger partial charge >= 0.3 is 5.97 Å². The van der Waals surface area contributed by atoms with Gasteiger partial charge in [0, 0.05) is 18.6 Å². The third-order valence-electron chi connectivity index (χ3n) is 3.69. The largest absolute Gasteiger partial charge is 0.481 e. The number of thioether (sulfide) groups is 1. The molecule has 21 heavy (non-hydrogen) atoms. The Morgan fingerprint density at radius 1 is 1.38 bits per heavy atom. The van der Waals surface area contributed by atoms with Crippen LogP contribution < -0.4 is 4.90 Å². The molecule has 6 nitrogen and oxygen atoms in total. The molecule has 0 aliphatic heterocycles. The molecule has 0 spiro atoms. The van der Waals surface area contributed by atoms with Gasteiger partial charge in [0.05, 0.1) is 5.75 Å². The third kappa shape index (κ3) is 3.51. The van der Waals surface area contributed by atoms with Crippen LogP contribution in [0.1, 0.15) is 45.6 Å². The van der Waals surface area contributed by atoms with Gasteiger partial charge < -0.3 is 10.0 Å². The summed E-state index contributed by atoms with van der Waals surface area (Å²) in [4.78, 5) is 13.2. The maximum absolute atomic E-state index is 10.8. The van der Waals surface area contributed by atoms with Crippen molar-refractivity contribution in [1.29, 1.82) is 0 Å². The lowest BCUT2D eigenvalue weighted by Crippen LogP contribution is -2.32. The van der Waals surface area contributed by atoms with Crippen molar-refractivity contribution >= 4 is 23.7 Å². The molecule has 0 bridgehead atoms. The van der Waals surface area contributed by atoms with Gasteiger partial charge in [0.1, 0.15) is 0 Å². The van der Waals surface area contributed by atoms with Crippen LogP contribution in [0.3, 0.4) is 0 Å². The number of hydrogen-bond acceptors (Lipinski definition) is 5. The van der Waals surface area contributed by atoms with Crippen molar-refractivity contribution in [3.63, 3.8) is 0 Å². The Morgan fingerprint density at radius 2 is 2.10 bits per heavy atom. The Hall–Kier alpha value is -1.24. The minimum Gasteiger partial charge on any atom is -0.481 e. The second kappa shape index (κ2) is 5.87. The average molecular weight is 310 g/mol. The van der Waals surface area contributed by atoms with Gasteiger partial charge in [0.15, 0.2) is 5.16 Å². The summed E-state index contributed by atoms with van der Waals surface area (Å²) in [6, 6.07) is 1.05. The quantitative estimate of drug-likeness (QED) is 0.744. The van der Waals surface area contributed by atoms with E-state index in [4.69, 9.17) is 5.11 Å². The highest BCUT2D eigenvalue weighted by Crippen LogP contribution is 2.42. The lowest BCUT2D eigenvalue weighted by molar-refractivity contribution is -0.133. The topological polar surface area (TPSA) is 71.2 Å². The highest BCUT2D eigenvalue weighted by molar-refractivity contribution is 7.99. The maximum Gasteiger partial charge on any atom is 0.313 e. The summed E-state index contributed by atoms with van der Waals surface area (Å²) in [5, 5.41) is 18.3. The summed E-state index contributed by atoms with van der Waals surface area (Å²) >= 11 is 1.28. The van der Waals surface area contributed by atoms with Gasteiger partial charge in [0.25, 0.3) is 0 Å². The van der Waals surface area contributed by atoms with E-state index in [-0.39, 0.29) is 5.75 Å². The van der Waals surface area contributed by atoms with Crippen LogP contribution in [0.25, 0.3) is 0 Å². The predicted molar refractivity (Wildman–Crippen MR) is 81.9 cm³/mol. The van der Waals surface area contributed by atoms with Gasteiger partial charge in [-0.15, -0.1) is 10.2 Å². The molecule has 1 aromatic heterocycles. The van der Waals surface area contributed by atoms with E-state index in [1.807, 2.05) is 0 Å². The lowest BCUT2D eigenvalue weighted by atomic mass is 10.2. The number of anilines is 1. The highest BCUT2D eigenvalue weighted by atomic mass is 32.2. The molecule has 0 aromatic carbocycles. The molecule has 2 saturated carbocycles. The number of carboxylic acid groups (broad SMARTS) is 1. The Morgan fingerprint density at radius 3 is 2.62 bits per heavy atom. The molecule has 0 amide bonds. The molecule has 0 unspecified atom stereocenters. The minimum absolute atomic E-state index is 0.0401. The fraction of sp³-hybridized carbons (Fsp3) is 0.786. The van der Waals surface area contributed by atoms with Gasteiger partial charge in [0.2, 0.25) is 5.95 Å². The van der Waals surface area contributed by atoms with Crippen molar-refractivity contribution in [2.75, 3.05) is 17.2 Å². The fourth-order valence-corrected chi connectivity index (χ4v) is 3.24. The molecule has 0 radical (unpaired) electrons. The first kappa shape index (κ1) is 14.7. The van der Waals surface area contributed by atoms with Gasteiger partial charge in [-0.25, -0.2) is 0 Å². The van der Waals surface area contributed by atoms with Crippen LogP contribution >= 0.6 is 11.8 Å². The molecular formula is C14H22N4O2S. The predicted octanol–water partition coefficient (Wildman–Crippen LogP) is 2.41. The number of hydrogen-bond donors (Lipinski definition) is 1. The Kier molecular flexibility index (Phi) is 4.10. The molecule has 1 heterocycles. The second-order valence-electron chi connectivity index (χ2n) is 6.34. The second-order valence-corrected chi connectivity index (χ2v) is 7.29. The van der Waals surface area contributed by atoms with Crippen molar-refractivity contribution < 1.29 is 9.90 Å². The zero-order chi connectivity index (χ0) is 15.0. The summed E-state index contributed by atoms with van der Waals surface area (Å²) in [6.45, 7) is 5.42. The maximum atomic E-state index is 10.8. The van der Waals surface area contributed by atoms with E-state index in [0.717, 1.165) is 30.5 Å². The van der Waals surface area contributed by atoms with E-state index in [9.17, 15) is 4.79 Å². The third-order valence-corrected chi connectivity index (χ3v) is 4.62. The first-order valence-electron chi connectivity index (χ1n) is 7.62. The van der Waals surface area contributed by atoms with Gasteiger partial charge in [-0.05, 0) is 31.6 Å². The highest BCUT2D eigenvalue weighted by Gasteiger charge is 2.37. The molecule has 3 rings (SSSR count). The van der Waals surface area contributed by atoms with Crippen molar-refractivity contribution in [2.24, 2.45) is 5.92 Å². The van der Waals surface area contributed by atoms with Gasteiger partial charge in [-0.1, -0.05) is 25.6 Å². The molecule has 1 aromatic rings. The Bertz CT molecular complexity index is 523. The summed E-state index contributed by atoms with van der Waals surface area (Å²) in [5.41, 5.74) is 0. The standard InChI is InChI=1S/C14H22N4O2S/c1-9(2)7-17(10-3-4-10)13-15-16-14(21-8-12(19)20)18(13)11-5-6-11/h9-11H,3-8H2,1-2H3,(H,19,20). The first-order chi connectivity index (χ1) is 10.1. The van der Waals surface area contributed by atoms with Crippen LogP contribution in [0.15, 0.2) is 5.16 Å². The number of aliphatic carboxylic acids is 1. The SMILES string of the molecule is CC(C)CN(c1nnc(SCC(=O)O)n1C1CC1)C1CC1. The minimum atomic E-state index is -0.812. The van der Waals surface area contributed by atoms with Crippen molar-refractivity contribution in [2.45, 2.75) is 56.8 Å². The average Bonchev–Trinajstić information content (AvgIpc) is 3.31. The number of carbonyl (C=O) groups is 1. The van der Waals surface area contributed by atoms with Gasteiger partial charge in [-0.2, -0.15) is 0 Å². The van der Waals surface area contributed by atoms with Crippen molar-refractivity contribution in [3.05, 3.63) is 0 Å². The van der Waals surface area contributed by atoms with E-state index in [1.165, 1.54) is 24.6 Å². The number of aromatic nitrogens is 3. The fourth-order valence-electron chi connectivity index (χ4n) is 2.52. The van der Waals surface area contributed by atoms with Crippen LogP contribution in [0.5, 0.6) is 0 Å². The van der Waals surface area contributed by atoms with Crippen molar-refractivity contribution in [1.82, 2.24) is 14.8 Å². The van der Waals surface area contributed by atoms with Crippen LogP contribution in [-0.4, -0.2) is 44.2 Å². The monoisotopic (exact) mass is 310 g/mol. The van der Waals surface area contributed by atoms with Crippen LogP contribution in [0.4, 0.5) is 5.95 Å². The zero-order valence-electron chi connectivity index (χ0n) is 12.5. The number of carboxylic acids is 1. The summed E-state index contributed by atoms with van der Waals surface area (Å²) in [6.07, 6.45) is 4.74. The molecule has 1 N–H and O–H groups in total. The number of nitrogens with zero attached hydrogens (tertiary/aromatic N) is 4. The van der Waals surface area contributed by atoms with Crippen LogP contribution in [0.2, 0.25) is 0 Å². The summed E-state index contributed by atoms with van der Waals surface area (Å²) in [7, 11) is 0. The van der Waals surface area contributed by atoms with E-state index >= 15 is 0 Å². The van der Waals surface area contributed by atoms with E-state index < -0.39 is 5.97 Å². The van der Waals surface area contributed by atoms with E-state index in [1.54, 1.807) is 0 Å².